The monoisotopic (exact) mass is 258 g/mol. The van der Waals surface area contributed by atoms with Gasteiger partial charge in [0, 0.05) is 11.3 Å². The lowest BCUT2D eigenvalue weighted by molar-refractivity contribution is 1.22. The van der Waals surface area contributed by atoms with Gasteiger partial charge < -0.3 is 10.7 Å². The largest absolute Gasteiger partial charge is 0.398 e. The summed E-state index contributed by atoms with van der Waals surface area (Å²) in [6, 6.07) is 9.35. The fourth-order valence-electron chi connectivity index (χ4n) is 1.80. The molecule has 18 heavy (non-hydrogen) atoms. The van der Waals surface area contributed by atoms with Gasteiger partial charge >= 0.3 is 0 Å². The number of halogens is 1. The highest BCUT2D eigenvalue weighted by Crippen LogP contribution is 2.26. The van der Waals surface area contributed by atoms with Crippen LogP contribution in [0.2, 0.25) is 5.02 Å². The third-order valence-corrected chi connectivity index (χ3v) is 3.09. The average molecular weight is 259 g/mol. The minimum absolute atomic E-state index is 0.525. The zero-order chi connectivity index (χ0) is 12.7. The highest BCUT2D eigenvalue weighted by Gasteiger charge is 2.07. The second-order valence-electron chi connectivity index (χ2n) is 4.15. The molecule has 3 N–H and O–H groups in total. The normalized spacial score (nSPS) is 11.0. The molecule has 0 aliphatic carbocycles. The second-order valence-corrected chi connectivity index (χ2v) is 4.55. The van der Waals surface area contributed by atoms with Gasteiger partial charge in [-0.15, -0.1) is 0 Å². The van der Waals surface area contributed by atoms with Crippen molar-refractivity contribution in [2.24, 2.45) is 0 Å². The van der Waals surface area contributed by atoms with E-state index in [1.807, 2.05) is 25.1 Å². The molecular formula is C13H11ClN4. The summed E-state index contributed by atoms with van der Waals surface area (Å²) in [5.41, 5.74) is 9.69. The maximum Gasteiger partial charge on any atom is 0.178 e. The Bertz CT molecular complexity index is 733. The number of H-pyrrole nitrogens is 1. The summed E-state index contributed by atoms with van der Waals surface area (Å²) in [6.45, 7) is 1.94. The predicted molar refractivity (Wildman–Crippen MR) is 73.5 cm³/mol. The number of hydrogen-bond acceptors (Lipinski definition) is 3. The number of pyridine rings is 1. The molecule has 3 rings (SSSR count). The van der Waals surface area contributed by atoms with Crippen molar-refractivity contribution < 1.29 is 0 Å². The van der Waals surface area contributed by atoms with E-state index in [0.29, 0.717) is 16.4 Å². The number of nitrogens with zero attached hydrogens (tertiary/aromatic N) is 2. The number of imidazole rings is 1. The van der Waals surface area contributed by atoms with Gasteiger partial charge in [-0.05, 0) is 37.3 Å². The van der Waals surface area contributed by atoms with Crippen molar-refractivity contribution >= 4 is 28.5 Å². The maximum absolute atomic E-state index is 6.01. The molecule has 3 aromatic rings. The Hall–Kier alpha value is -2.07. The molecular weight excluding hydrogens is 248 g/mol. The Balaban J connectivity index is 2.16. The second kappa shape index (κ2) is 3.99. The number of nitrogens with two attached hydrogens (primary N) is 1. The highest BCUT2D eigenvalue weighted by molar-refractivity contribution is 6.33. The Labute approximate surface area is 109 Å². The number of anilines is 1. The molecule has 4 nitrogen and oxygen atoms in total. The Morgan fingerprint density at radius 1 is 1.17 bits per heavy atom. The molecule has 0 spiro atoms. The summed E-state index contributed by atoms with van der Waals surface area (Å²) in [5, 5.41) is 0.525. The number of nitrogens with one attached hydrogen (secondary N) is 1. The van der Waals surface area contributed by atoms with Crippen molar-refractivity contribution in [2.75, 3.05) is 5.73 Å². The molecule has 0 saturated heterocycles. The van der Waals surface area contributed by atoms with Crippen LogP contribution >= 0.6 is 11.6 Å². The molecule has 1 aromatic carbocycles. The van der Waals surface area contributed by atoms with E-state index < -0.39 is 0 Å². The highest BCUT2D eigenvalue weighted by atomic mass is 35.5. The fraction of sp³-hybridized carbons (Fsp3) is 0.0769. The zero-order valence-corrected chi connectivity index (χ0v) is 10.5. The summed E-state index contributed by atoms with van der Waals surface area (Å²) in [6.07, 6.45) is 0. The molecule has 0 bridgehead atoms. The van der Waals surface area contributed by atoms with Crippen LogP contribution < -0.4 is 5.73 Å². The Morgan fingerprint density at radius 3 is 2.78 bits per heavy atom. The molecule has 90 valence electrons. The van der Waals surface area contributed by atoms with Crippen molar-refractivity contribution in [3.05, 3.63) is 41.0 Å². The van der Waals surface area contributed by atoms with Gasteiger partial charge in [0.05, 0.1) is 16.2 Å². The lowest BCUT2D eigenvalue weighted by atomic mass is 10.2. The van der Waals surface area contributed by atoms with Gasteiger partial charge in [0.15, 0.2) is 5.65 Å². The number of benzene rings is 1. The fourth-order valence-corrected chi connectivity index (χ4v) is 1.98. The summed E-state index contributed by atoms with van der Waals surface area (Å²) < 4.78 is 0. The molecule has 0 amide bonds. The molecule has 0 fully saturated rings. The van der Waals surface area contributed by atoms with Crippen LogP contribution in [0.1, 0.15) is 5.69 Å². The van der Waals surface area contributed by atoms with Gasteiger partial charge in [0.2, 0.25) is 0 Å². The number of rotatable bonds is 1. The van der Waals surface area contributed by atoms with E-state index in [1.165, 1.54) is 0 Å². The van der Waals surface area contributed by atoms with Gasteiger partial charge in [0.1, 0.15) is 5.82 Å². The van der Waals surface area contributed by atoms with Crippen LogP contribution in [0, 0.1) is 6.92 Å². The lowest BCUT2D eigenvalue weighted by Crippen LogP contribution is -1.87. The quantitative estimate of drug-likeness (QED) is 0.659. The Morgan fingerprint density at radius 2 is 2.00 bits per heavy atom. The van der Waals surface area contributed by atoms with Crippen LogP contribution in [0.3, 0.4) is 0 Å². The first-order chi connectivity index (χ1) is 8.63. The first-order valence-electron chi connectivity index (χ1n) is 5.52. The lowest BCUT2D eigenvalue weighted by Gasteiger charge is -2.00. The summed E-state index contributed by atoms with van der Waals surface area (Å²) in [7, 11) is 0. The van der Waals surface area contributed by atoms with Crippen molar-refractivity contribution in [2.45, 2.75) is 6.92 Å². The van der Waals surface area contributed by atoms with Crippen molar-refractivity contribution in [1.82, 2.24) is 15.0 Å². The average Bonchev–Trinajstić information content (AvgIpc) is 2.75. The van der Waals surface area contributed by atoms with Crippen LogP contribution in [0.4, 0.5) is 5.69 Å². The first-order valence-corrected chi connectivity index (χ1v) is 5.90. The van der Waals surface area contributed by atoms with Crippen LogP contribution in [0.5, 0.6) is 0 Å². The van der Waals surface area contributed by atoms with E-state index in [4.69, 9.17) is 17.3 Å². The molecule has 0 aliphatic heterocycles. The molecule has 2 aromatic heterocycles. The third kappa shape index (κ3) is 1.80. The van der Waals surface area contributed by atoms with Crippen molar-refractivity contribution in [3.63, 3.8) is 0 Å². The smallest absolute Gasteiger partial charge is 0.178 e. The van der Waals surface area contributed by atoms with Crippen LogP contribution in [0.25, 0.3) is 22.6 Å². The summed E-state index contributed by atoms with van der Waals surface area (Å²) >= 11 is 6.01. The molecule has 2 heterocycles. The number of aryl methyl sites for hydroxylation is 1. The van der Waals surface area contributed by atoms with E-state index in [9.17, 15) is 0 Å². The molecule has 0 aliphatic rings. The number of aromatic nitrogens is 3. The van der Waals surface area contributed by atoms with Crippen LogP contribution in [0.15, 0.2) is 30.3 Å². The number of hydrogen-bond donors (Lipinski definition) is 2. The van der Waals surface area contributed by atoms with Crippen molar-refractivity contribution in [1.29, 1.82) is 0 Å². The molecule has 0 atom stereocenters. The minimum Gasteiger partial charge on any atom is -0.398 e. The number of nitrogen functional groups attached to an aromatic ring is 1. The summed E-state index contributed by atoms with van der Waals surface area (Å²) in [4.78, 5) is 12.0. The maximum atomic E-state index is 6.01. The van der Waals surface area contributed by atoms with Gasteiger partial charge in [-0.2, -0.15) is 0 Å². The zero-order valence-electron chi connectivity index (χ0n) is 9.74. The SMILES string of the molecule is Cc1ccc2[nH]c(-c3ccc(N)c(Cl)c3)nc2n1. The van der Waals surface area contributed by atoms with E-state index in [-0.39, 0.29) is 0 Å². The van der Waals surface area contributed by atoms with Crippen molar-refractivity contribution in [3.8, 4) is 11.4 Å². The molecule has 0 radical (unpaired) electrons. The van der Waals surface area contributed by atoms with E-state index >= 15 is 0 Å². The third-order valence-electron chi connectivity index (χ3n) is 2.76. The molecule has 5 heteroatoms. The number of fused-ring (bicyclic) bond motifs is 1. The topological polar surface area (TPSA) is 67.6 Å². The van der Waals surface area contributed by atoms with Crippen LogP contribution in [-0.4, -0.2) is 15.0 Å². The Kier molecular flexibility index (Phi) is 2.45. The minimum atomic E-state index is 0.525. The van der Waals surface area contributed by atoms with Gasteiger partial charge in [-0.3, -0.25) is 0 Å². The first kappa shape index (κ1) is 11.0. The summed E-state index contributed by atoms with van der Waals surface area (Å²) in [5.74, 6) is 0.741. The van der Waals surface area contributed by atoms with Gasteiger partial charge in [0.25, 0.3) is 0 Å². The predicted octanol–water partition coefficient (Wildman–Crippen LogP) is 3.17. The van der Waals surface area contributed by atoms with E-state index in [0.717, 1.165) is 22.6 Å². The van der Waals surface area contributed by atoms with E-state index in [2.05, 4.69) is 15.0 Å². The standard InChI is InChI=1S/C13H11ClN4/c1-7-2-5-11-13(16-7)18-12(17-11)8-3-4-10(15)9(14)6-8/h2-6H,15H2,1H3,(H,16,17,18). The molecule has 0 saturated carbocycles. The van der Waals surface area contributed by atoms with E-state index in [1.54, 1.807) is 12.1 Å². The van der Waals surface area contributed by atoms with Crippen LogP contribution in [-0.2, 0) is 0 Å². The van der Waals surface area contributed by atoms with Gasteiger partial charge in [-0.1, -0.05) is 11.6 Å². The molecule has 0 unspecified atom stereocenters. The van der Waals surface area contributed by atoms with Gasteiger partial charge in [-0.25, -0.2) is 9.97 Å². The number of aromatic amines is 1.